The summed E-state index contributed by atoms with van der Waals surface area (Å²) >= 11 is 0. The number of alkyl halides is 3. The van der Waals surface area contributed by atoms with Gasteiger partial charge in [-0.3, -0.25) is 4.79 Å². The summed E-state index contributed by atoms with van der Waals surface area (Å²) in [7, 11) is 0. The van der Waals surface area contributed by atoms with Crippen molar-refractivity contribution in [3.05, 3.63) is 64.0 Å². The van der Waals surface area contributed by atoms with E-state index in [9.17, 15) is 27.9 Å². The van der Waals surface area contributed by atoms with Crippen LogP contribution in [0.25, 0.3) is 11.0 Å². The zero-order valence-corrected chi connectivity index (χ0v) is 12.8. The number of benzene rings is 2. The van der Waals surface area contributed by atoms with E-state index in [-0.39, 0.29) is 22.4 Å². The molecule has 0 unspecified atom stereocenters. The number of phenols is 1. The van der Waals surface area contributed by atoms with Gasteiger partial charge in [0.1, 0.15) is 17.0 Å². The van der Waals surface area contributed by atoms with Crippen molar-refractivity contribution in [2.24, 2.45) is 0 Å². The molecule has 0 amide bonds. The van der Waals surface area contributed by atoms with Crippen LogP contribution in [0.4, 0.5) is 24.5 Å². The number of aromatic hydroxyl groups is 1. The van der Waals surface area contributed by atoms with Gasteiger partial charge in [-0.2, -0.15) is 13.2 Å². The van der Waals surface area contributed by atoms with Crippen molar-refractivity contribution in [2.75, 3.05) is 5.32 Å². The molecule has 0 fully saturated rings. The lowest BCUT2D eigenvalue weighted by Crippen LogP contribution is -2.17. The monoisotopic (exact) mass is 365 g/mol. The molecular formula is C17H10F3NO5. The molecule has 9 heteroatoms. The molecule has 1 heterocycles. The second kappa shape index (κ2) is 6.10. The van der Waals surface area contributed by atoms with Crippen molar-refractivity contribution >= 4 is 28.3 Å². The van der Waals surface area contributed by atoms with Gasteiger partial charge in [-0.15, -0.1) is 0 Å². The fourth-order valence-corrected chi connectivity index (χ4v) is 2.34. The Morgan fingerprint density at radius 3 is 2.31 bits per heavy atom. The minimum absolute atomic E-state index is 0.0624. The molecule has 134 valence electrons. The standard InChI is InChI=1S/C17H10F3NO5/c18-17(19,20)15-13(21-9-3-1-8(2-4-9)16(24)25)14(23)11-6-5-10(22)7-12(11)26-15/h1-7,21-22H,(H,24,25). The van der Waals surface area contributed by atoms with E-state index >= 15 is 0 Å². The van der Waals surface area contributed by atoms with Crippen molar-refractivity contribution in [3.63, 3.8) is 0 Å². The molecule has 3 rings (SSSR count). The summed E-state index contributed by atoms with van der Waals surface area (Å²) in [5.41, 5.74) is -2.20. The van der Waals surface area contributed by atoms with Gasteiger partial charge in [-0.1, -0.05) is 0 Å². The number of carbonyl (C=O) groups is 1. The number of carboxylic acid groups (broad SMARTS) is 1. The number of hydrogen-bond acceptors (Lipinski definition) is 5. The SMILES string of the molecule is O=C(O)c1ccc(Nc2c(C(F)(F)F)oc3cc(O)ccc3c2=O)cc1. The number of carboxylic acids is 1. The zero-order chi connectivity index (χ0) is 19.1. The van der Waals surface area contributed by atoms with E-state index in [1.165, 1.54) is 24.3 Å². The lowest BCUT2D eigenvalue weighted by Gasteiger charge is -2.14. The van der Waals surface area contributed by atoms with Gasteiger partial charge in [0.05, 0.1) is 10.9 Å². The fourth-order valence-electron chi connectivity index (χ4n) is 2.34. The molecule has 6 nitrogen and oxygen atoms in total. The van der Waals surface area contributed by atoms with Crippen LogP contribution < -0.4 is 10.7 Å². The summed E-state index contributed by atoms with van der Waals surface area (Å²) in [6.45, 7) is 0. The Hall–Kier alpha value is -3.49. The van der Waals surface area contributed by atoms with Crippen molar-refractivity contribution in [3.8, 4) is 5.75 Å². The number of aromatic carboxylic acids is 1. The highest BCUT2D eigenvalue weighted by Crippen LogP contribution is 2.36. The number of anilines is 2. The summed E-state index contributed by atoms with van der Waals surface area (Å²) in [5, 5.41) is 20.4. The van der Waals surface area contributed by atoms with E-state index in [0.29, 0.717) is 0 Å². The van der Waals surface area contributed by atoms with Gasteiger partial charge in [0.15, 0.2) is 0 Å². The smallest absolute Gasteiger partial charge is 0.451 e. The third kappa shape index (κ3) is 3.18. The van der Waals surface area contributed by atoms with Crippen LogP contribution in [0.5, 0.6) is 5.75 Å². The fraction of sp³-hybridized carbons (Fsp3) is 0.0588. The number of halogens is 3. The number of phenolic OH excluding ortho intramolecular Hbond substituents is 1. The molecule has 0 radical (unpaired) electrons. The second-order valence-corrected chi connectivity index (χ2v) is 5.32. The summed E-state index contributed by atoms with van der Waals surface area (Å²) in [6.07, 6.45) is -4.97. The molecule has 0 aliphatic heterocycles. The van der Waals surface area contributed by atoms with Crippen LogP contribution in [0.2, 0.25) is 0 Å². The summed E-state index contributed by atoms with van der Waals surface area (Å²) in [6, 6.07) is 8.02. The first kappa shape index (κ1) is 17.3. The van der Waals surface area contributed by atoms with E-state index < -0.39 is 34.6 Å². The van der Waals surface area contributed by atoms with Crippen molar-refractivity contribution in [1.29, 1.82) is 0 Å². The quantitative estimate of drug-likeness (QED) is 0.650. The minimum Gasteiger partial charge on any atom is -0.508 e. The zero-order valence-electron chi connectivity index (χ0n) is 12.8. The predicted octanol–water partition coefficient (Wildman–Crippen LogP) is 3.96. The molecule has 0 aliphatic carbocycles. The molecular weight excluding hydrogens is 355 g/mol. The van der Waals surface area contributed by atoms with Crippen molar-refractivity contribution in [2.45, 2.75) is 6.18 Å². The van der Waals surface area contributed by atoms with E-state index in [0.717, 1.165) is 18.2 Å². The molecule has 0 aliphatic rings. The van der Waals surface area contributed by atoms with E-state index in [2.05, 4.69) is 5.32 Å². The third-order valence-electron chi connectivity index (χ3n) is 3.53. The van der Waals surface area contributed by atoms with Crippen LogP contribution in [0.3, 0.4) is 0 Å². The maximum atomic E-state index is 13.3. The van der Waals surface area contributed by atoms with Crippen LogP contribution in [-0.2, 0) is 6.18 Å². The van der Waals surface area contributed by atoms with Crippen molar-refractivity contribution in [1.82, 2.24) is 0 Å². The molecule has 0 saturated heterocycles. The van der Waals surface area contributed by atoms with Gasteiger partial charge >= 0.3 is 12.1 Å². The van der Waals surface area contributed by atoms with Crippen LogP contribution in [0, 0.1) is 0 Å². The number of fused-ring (bicyclic) bond motifs is 1. The van der Waals surface area contributed by atoms with Gasteiger partial charge in [0, 0.05) is 11.8 Å². The first-order valence-electron chi connectivity index (χ1n) is 7.14. The van der Waals surface area contributed by atoms with Gasteiger partial charge in [-0.25, -0.2) is 4.79 Å². The lowest BCUT2D eigenvalue weighted by atomic mass is 10.1. The Morgan fingerprint density at radius 2 is 1.73 bits per heavy atom. The van der Waals surface area contributed by atoms with Crippen LogP contribution in [0.1, 0.15) is 16.1 Å². The van der Waals surface area contributed by atoms with E-state index in [1.54, 1.807) is 0 Å². The van der Waals surface area contributed by atoms with E-state index in [4.69, 9.17) is 9.52 Å². The first-order chi connectivity index (χ1) is 12.2. The molecule has 2 aromatic carbocycles. The number of rotatable bonds is 3. The average Bonchev–Trinajstić information content (AvgIpc) is 2.56. The first-order valence-corrected chi connectivity index (χ1v) is 7.14. The highest BCUT2D eigenvalue weighted by Gasteiger charge is 2.39. The molecule has 0 bridgehead atoms. The van der Waals surface area contributed by atoms with Crippen LogP contribution in [0.15, 0.2) is 51.7 Å². The van der Waals surface area contributed by atoms with Crippen LogP contribution in [-0.4, -0.2) is 16.2 Å². The lowest BCUT2D eigenvalue weighted by molar-refractivity contribution is -0.152. The molecule has 3 aromatic rings. The Balaban J connectivity index is 2.17. The summed E-state index contributed by atoms with van der Waals surface area (Å²) in [4.78, 5) is 23.3. The van der Waals surface area contributed by atoms with Gasteiger partial charge in [0.25, 0.3) is 0 Å². The highest BCUT2D eigenvalue weighted by molar-refractivity contribution is 5.88. The molecule has 1 aromatic heterocycles. The molecule has 0 saturated carbocycles. The predicted molar refractivity (Wildman–Crippen MR) is 85.8 cm³/mol. The molecule has 26 heavy (non-hydrogen) atoms. The Morgan fingerprint density at radius 1 is 1.08 bits per heavy atom. The third-order valence-corrected chi connectivity index (χ3v) is 3.53. The Kier molecular flexibility index (Phi) is 4.07. The topological polar surface area (TPSA) is 99.8 Å². The second-order valence-electron chi connectivity index (χ2n) is 5.32. The van der Waals surface area contributed by atoms with Gasteiger partial charge in [0.2, 0.25) is 11.2 Å². The normalized spacial score (nSPS) is 11.5. The maximum Gasteiger partial charge on any atom is 0.451 e. The Bertz CT molecular complexity index is 1050. The summed E-state index contributed by atoms with van der Waals surface area (Å²) in [5.74, 6) is -3.10. The molecule has 0 spiro atoms. The maximum absolute atomic E-state index is 13.3. The number of nitrogens with one attached hydrogen (secondary N) is 1. The molecule has 3 N–H and O–H groups in total. The minimum atomic E-state index is -4.97. The van der Waals surface area contributed by atoms with Gasteiger partial charge < -0.3 is 19.9 Å². The van der Waals surface area contributed by atoms with E-state index in [1.807, 2.05) is 0 Å². The highest BCUT2D eigenvalue weighted by atomic mass is 19.4. The summed E-state index contributed by atoms with van der Waals surface area (Å²) < 4.78 is 44.8. The van der Waals surface area contributed by atoms with Crippen molar-refractivity contribution < 1.29 is 32.6 Å². The number of hydrogen-bond donors (Lipinski definition) is 3. The van der Waals surface area contributed by atoms with Crippen LogP contribution >= 0.6 is 0 Å². The average molecular weight is 365 g/mol. The largest absolute Gasteiger partial charge is 0.508 e. The molecule has 0 atom stereocenters. The van der Waals surface area contributed by atoms with Gasteiger partial charge in [-0.05, 0) is 36.4 Å². The Labute approximate surface area is 143 Å².